The number of halogens is 1. The topological polar surface area (TPSA) is 57.4 Å². The Morgan fingerprint density at radius 2 is 2.06 bits per heavy atom. The third-order valence-corrected chi connectivity index (χ3v) is 3.09. The van der Waals surface area contributed by atoms with Crippen LogP contribution in [0.2, 0.25) is 0 Å². The Labute approximate surface area is 114 Å². The molecule has 94 valence electrons. The van der Waals surface area contributed by atoms with Crippen LogP contribution in [0.4, 0.5) is 5.69 Å². The fraction of sp³-hybridized carbons (Fsp3) is 0.154. The van der Waals surface area contributed by atoms with Crippen molar-refractivity contribution in [1.29, 1.82) is 0 Å². The van der Waals surface area contributed by atoms with Crippen molar-refractivity contribution in [1.82, 2.24) is 4.98 Å². The molecule has 0 aliphatic rings. The number of methoxy groups -OCH3 is 1. The molecule has 2 N–H and O–H groups in total. The molecule has 0 amide bonds. The van der Waals surface area contributed by atoms with Crippen LogP contribution in [-0.2, 0) is 0 Å². The number of hydrogen-bond donors (Lipinski definition) is 1. The Hall–Kier alpha value is -1.75. The van der Waals surface area contributed by atoms with Gasteiger partial charge in [0.05, 0.1) is 11.6 Å². The Morgan fingerprint density at radius 1 is 1.28 bits per heavy atom. The second kappa shape index (κ2) is 5.27. The van der Waals surface area contributed by atoms with E-state index in [1.165, 1.54) is 0 Å². The van der Waals surface area contributed by atoms with E-state index in [1.807, 2.05) is 19.1 Å². The SMILES string of the molecule is COc1ccc(Oc2cc(N)c(C)cn2)c(Br)c1. The summed E-state index contributed by atoms with van der Waals surface area (Å²) in [6, 6.07) is 7.15. The van der Waals surface area contributed by atoms with Crippen molar-refractivity contribution in [2.45, 2.75) is 6.92 Å². The van der Waals surface area contributed by atoms with Crippen LogP contribution in [0.15, 0.2) is 34.9 Å². The summed E-state index contributed by atoms with van der Waals surface area (Å²) in [6.45, 7) is 1.90. The van der Waals surface area contributed by atoms with Crippen molar-refractivity contribution in [2.24, 2.45) is 0 Å². The van der Waals surface area contributed by atoms with Crippen LogP contribution in [0.5, 0.6) is 17.4 Å². The number of nitrogens with zero attached hydrogens (tertiary/aromatic N) is 1. The number of hydrogen-bond acceptors (Lipinski definition) is 4. The third kappa shape index (κ3) is 2.73. The number of aromatic nitrogens is 1. The molecular formula is C13H13BrN2O2. The molecular weight excluding hydrogens is 296 g/mol. The fourth-order valence-corrected chi connectivity index (χ4v) is 1.82. The lowest BCUT2D eigenvalue weighted by Crippen LogP contribution is -1.94. The molecule has 2 aromatic rings. The predicted octanol–water partition coefficient (Wildman–Crippen LogP) is 3.54. The summed E-state index contributed by atoms with van der Waals surface area (Å²) >= 11 is 3.41. The van der Waals surface area contributed by atoms with E-state index in [4.69, 9.17) is 15.2 Å². The van der Waals surface area contributed by atoms with E-state index in [0.29, 0.717) is 17.3 Å². The molecule has 18 heavy (non-hydrogen) atoms. The van der Waals surface area contributed by atoms with E-state index in [1.54, 1.807) is 25.4 Å². The number of pyridine rings is 1. The van der Waals surface area contributed by atoms with Gasteiger partial charge >= 0.3 is 0 Å². The summed E-state index contributed by atoms with van der Waals surface area (Å²) in [5, 5.41) is 0. The van der Waals surface area contributed by atoms with Crippen LogP contribution in [-0.4, -0.2) is 12.1 Å². The summed E-state index contributed by atoms with van der Waals surface area (Å²) in [7, 11) is 1.62. The van der Waals surface area contributed by atoms with Crippen molar-refractivity contribution in [2.75, 3.05) is 12.8 Å². The summed E-state index contributed by atoms with van der Waals surface area (Å²) in [6.07, 6.45) is 1.68. The standard InChI is InChI=1S/C13H13BrN2O2/c1-8-7-16-13(6-11(8)15)18-12-4-3-9(17-2)5-10(12)14/h3-7H,1-2H3,(H2,15,16). The van der Waals surface area contributed by atoms with Gasteiger partial charge in [-0.2, -0.15) is 0 Å². The molecule has 1 aromatic carbocycles. The van der Waals surface area contributed by atoms with E-state index < -0.39 is 0 Å². The minimum Gasteiger partial charge on any atom is -0.497 e. The zero-order valence-electron chi connectivity index (χ0n) is 10.1. The van der Waals surface area contributed by atoms with Gasteiger partial charge in [0.15, 0.2) is 0 Å². The number of nitrogens with two attached hydrogens (primary N) is 1. The number of ether oxygens (including phenoxy) is 2. The highest BCUT2D eigenvalue weighted by atomic mass is 79.9. The Bertz CT molecular complexity index is 573. The lowest BCUT2D eigenvalue weighted by atomic mass is 10.3. The van der Waals surface area contributed by atoms with Crippen LogP contribution < -0.4 is 15.2 Å². The van der Waals surface area contributed by atoms with Crippen molar-refractivity contribution < 1.29 is 9.47 Å². The van der Waals surface area contributed by atoms with Gasteiger partial charge in [-0.1, -0.05) is 0 Å². The van der Waals surface area contributed by atoms with E-state index in [9.17, 15) is 0 Å². The highest BCUT2D eigenvalue weighted by molar-refractivity contribution is 9.10. The van der Waals surface area contributed by atoms with Gasteiger partial charge in [0.1, 0.15) is 11.5 Å². The van der Waals surface area contributed by atoms with Gasteiger partial charge < -0.3 is 15.2 Å². The van der Waals surface area contributed by atoms with E-state index >= 15 is 0 Å². The van der Waals surface area contributed by atoms with Crippen LogP contribution in [0.25, 0.3) is 0 Å². The Morgan fingerprint density at radius 3 is 2.67 bits per heavy atom. The molecule has 2 rings (SSSR count). The minimum atomic E-state index is 0.462. The van der Waals surface area contributed by atoms with Gasteiger partial charge in [0.2, 0.25) is 5.88 Å². The first kappa shape index (κ1) is 12.7. The first-order valence-corrected chi connectivity index (χ1v) is 6.13. The molecule has 0 fully saturated rings. The number of rotatable bonds is 3. The lowest BCUT2D eigenvalue weighted by molar-refractivity contribution is 0.411. The zero-order chi connectivity index (χ0) is 13.1. The van der Waals surface area contributed by atoms with Gasteiger partial charge in [-0.25, -0.2) is 4.98 Å². The average molecular weight is 309 g/mol. The second-order valence-corrected chi connectivity index (χ2v) is 4.63. The van der Waals surface area contributed by atoms with E-state index in [2.05, 4.69) is 20.9 Å². The molecule has 0 bridgehead atoms. The van der Waals surface area contributed by atoms with Gasteiger partial charge in [-0.15, -0.1) is 0 Å². The number of nitrogen functional groups attached to an aromatic ring is 1. The normalized spacial score (nSPS) is 10.2. The number of benzene rings is 1. The fourth-order valence-electron chi connectivity index (χ4n) is 1.38. The Balaban J connectivity index is 2.25. The maximum Gasteiger partial charge on any atom is 0.221 e. The van der Waals surface area contributed by atoms with Gasteiger partial charge in [0, 0.05) is 18.0 Å². The largest absolute Gasteiger partial charge is 0.497 e. The maximum absolute atomic E-state index is 5.81. The van der Waals surface area contributed by atoms with Crippen LogP contribution in [0, 0.1) is 6.92 Å². The van der Waals surface area contributed by atoms with E-state index in [0.717, 1.165) is 15.8 Å². The first-order valence-electron chi connectivity index (χ1n) is 5.33. The summed E-state index contributed by atoms with van der Waals surface area (Å²) in [4.78, 5) is 4.16. The smallest absolute Gasteiger partial charge is 0.221 e. The molecule has 5 heteroatoms. The number of anilines is 1. The monoisotopic (exact) mass is 308 g/mol. The van der Waals surface area contributed by atoms with Crippen molar-refractivity contribution in [3.8, 4) is 17.4 Å². The molecule has 0 atom stereocenters. The number of aryl methyl sites for hydroxylation is 1. The van der Waals surface area contributed by atoms with Crippen molar-refractivity contribution >= 4 is 21.6 Å². The molecule has 0 radical (unpaired) electrons. The van der Waals surface area contributed by atoms with Gasteiger partial charge in [-0.3, -0.25) is 0 Å². The van der Waals surface area contributed by atoms with Crippen LogP contribution in [0.1, 0.15) is 5.56 Å². The van der Waals surface area contributed by atoms with E-state index in [-0.39, 0.29) is 0 Å². The molecule has 0 aliphatic carbocycles. The second-order valence-electron chi connectivity index (χ2n) is 3.78. The molecule has 0 unspecified atom stereocenters. The third-order valence-electron chi connectivity index (χ3n) is 2.47. The summed E-state index contributed by atoms with van der Waals surface area (Å²) in [5.74, 6) is 1.88. The summed E-state index contributed by atoms with van der Waals surface area (Å²) < 4.78 is 11.6. The van der Waals surface area contributed by atoms with Crippen LogP contribution in [0.3, 0.4) is 0 Å². The highest BCUT2D eigenvalue weighted by Crippen LogP contribution is 2.32. The predicted molar refractivity (Wildman–Crippen MR) is 74.2 cm³/mol. The van der Waals surface area contributed by atoms with Gasteiger partial charge in [-0.05, 0) is 46.6 Å². The summed E-state index contributed by atoms with van der Waals surface area (Å²) in [5.41, 5.74) is 7.39. The molecule has 0 aliphatic heterocycles. The Kier molecular flexibility index (Phi) is 3.72. The molecule has 0 saturated carbocycles. The highest BCUT2D eigenvalue weighted by Gasteiger charge is 2.06. The maximum atomic E-state index is 5.81. The zero-order valence-corrected chi connectivity index (χ0v) is 11.7. The molecule has 0 saturated heterocycles. The molecule has 1 heterocycles. The van der Waals surface area contributed by atoms with Crippen LogP contribution >= 0.6 is 15.9 Å². The first-order chi connectivity index (χ1) is 8.60. The quantitative estimate of drug-likeness (QED) is 0.942. The van der Waals surface area contributed by atoms with Crippen molar-refractivity contribution in [3.05, 3.63) is 40.5 Å². The minimum absolute atomic E-state index is 0.462. The average Bonchev–Trinajstić information content (AvgIpc) is 2.36. The molecule has 4 nitrogen and oxygen atoms in total. The van der Waals surface area contributed by atoms with Gasteiger partial charge in [0.25, 0.3) is 0 Å². The molecule has 0 spiro atoms. The lowest BCUT2D eigenvalue weighted by Gasteiger charge is -2.09. The van der Waals surface area contributed by atoms with Crippen molar-refractivity contribution in [3.63, 3.8) is 0 Å². The molecule has 1 aromatic heterocycles.